The van der Waals surface area contributed by atoms with Crippen LogP contribution in [0.25, 0.3) is 0 Å². The summed E-state index contributed by atoms with van der Waals surface area (Å²) in [7, 11) is -2.70. The third kappa shape index (κ3) is 4.39. The lowest BCUT2D eigenvalue weighted by molar-refractivity contribution is -0.174. The standard InChI is InChI=1S/C35H36O5P/c1-23-15-7-11-19-27(23)34(28-20-12-8-16-24(28)2)31-32(38-33(5,6)37-31)35(40-41(36)39-34,29-21-13-9-17-25(29)3)30-22-14-10-18-26(30)4/h7-22,31-32H,1-6H3/q+1. The first-order chi connectivity index (χ1) is 19.6. The average Bonchev–Trinajstić information content (AvgIpc) is 3.23. The molecule has 0 aromatic heterocycles. The molecule has 0 amide bonds. The van der Waals surface area contributed by atoms with E-state index in [4.69, 9.17) is 18.5 Å². The molecule has 210 valence electrons. The molecule has 2 saturated heterocycles. The lowest BCUT2D eigenvalue weighted by Gasteiger charge is -2.40. The third-order valence-electron chi connectivity index (χ3n) is 8.52. The van der Waals surface area contributed by atoms with E-state index in [0.717, 1.165) is 44.5 Å². The van der Waals surface area contributed by atoms with Crippen molar-refractivity contribution in [2.45, 2.75) is 70.7 Å². The van der Waals surface area contributed by atoms with E-state index in [1.54, 1.807) is 0 Å². The zero-order chi connectivity index (χ0) is 29.0. The van der Waals surface area contributed by atoms with E-state index in [1.807, 2.05) is 139 Å². The zero-order valence-corrected chi connectivity index (χ0v) is 25.3. The Hall–Kier alpha value is -3.18. The van der Waals surface area contributed by atoms with Crippen molar-refractivity contribution in [3.05, 3.63) is 142 Å². The predicted molar refractivity (Wildman–Crippen MR) is 160 cm³/mol. The van der Waals surface area contributed by atoms with Crippen molar-refractivity contribution >= 4 is 8.25 Å². The Balaban J connectivity index is 1.76. The number of hydrogen-bond donors (Lipinski definition) is 0. The zero-order valence-electron chi connectivity index (χ0n) is 24.4. The van der Waals surface area contributed by atoms with E-state index in [9.17, 15) is 4.57 Å². The number of aryl methyl sites for hydroxylation is 4. The summed E-state index contributed by atoms with van der Waals surface area (Å²) in [6, 6.07) is 32.2. The van der Waals surface area contributed by atoms with Gasteiger partial charge in [-0.2, -0.15) is 0 Å². The molecule has 2 unspecified atom stereocenters. The fraction of sp³-hybridized carbons (Fsp3) is 0.314. The van der Waals surface area contributed by atoms with Crippen LogP contribution >= 0.6 is 8.25 Å². The van der Waals surface area contributed by atoms with Gasteiger partial charge in [-0.3, -0.25) is 0 Å². The van der Waals surface area contributed by atoms with Gasteiger partial charge in [0.2, 0.25) is 11.2 Å². The normalized spacial score (nSPS) is 23.5. The van der Waals surface area contributed by atoms with Crippen LogP contribution in [0.15, 0.2) is 97.1 Å². The van der Waals surface area contributed by atoms with Gasteiger partial charge in [0.05, 0.1) is 0 Å². The molecule has 6 heteroatoms. The summed E-state index contributed by atoms with van der Waals surface area (Å²) in [6.45, 7) is 12.0. The number of hydrogen-bond acceptors (Lipinski definition) is 5. The van der Waals surface area contributed by atoms with Gasteiger partial charge in [0.1, 0.15) is 12.2 Å². The Labute approximate surface area is 243 Å². The Kier molecular flexibility index (Phi) is 7.01. The Morgan fingerprint density at radius 2 is 0.780 bits per heavy atom. The molecule has 0 radical (unpaired) electrons. The topological polar surface area (TPSA) is 54.0 Å². The van der Waals surface area contributed by atoms with Gasteiger partial charge in [0.15, 0.2) is 5.79 Å². The predicted octanol–water partition coefficient (Wildman–Crippen LogP) is 8.33. The molecular formula is C35H36O5P+. The smallest absolute Gasteiger partial charge is 0.340 e. The molecule has 5 nitrogen and oxygen atoms in total. The minimum atomic E-state index is -2.70. The summed E-state index contributed by atoms with van der Waals surface area (Å²) in [5, 5.41) is 0. The Bertz CT molecular complexity index is 1420. The second-order valence-electron chi connectivity index (χ2n) is 11.6. The molecule has 4 aromatic rings. The average molecular weight is 568 g/mol. The van der Waals surface area contributed by atoms with Gasteiger partial charge < -0.3 is 9.47 Å². The summed E-state index contributed by atoms with van der Waals surface area (Å²) >= 11 is 0. The molecule has 6 rings (SSSR count). The monoisotopic (exact) mass is 567 g/mol. The fourth-order valence-electron chi connectivity index (χ4n) is 6.77. The molecule has 2 aliphatic heterocycles. The summed E-state index contributed by atoms with van der Waals surface area (Å²) in [6.07, 6.45) is -1.47. The van der Waals surface area contributed by atoms with Gasteiger partial charge in [-0.1, -0.05) is 106 Å². The summed E-state index contributed by atoms with van der Waals surface area (Å²) < 4.78 is 41.9. The molecule has 0 spiro atoms. The van der Waals surface area contributed by atoms with E-state index in [1.165, 1.54) is 0 Å². The Morgan fingerprint density at radius 3 is 1.05 bits per heavy atom. The summed E-state index contributed by atoms with van der Waals surface area (Å²) in [5.74, 6) is -0.988. The van der Waals surface area contributed by atoms with E-state index in [2.05, 4.69) is 0 Å². The van der Waals surface area contributed by atoms with Gasteiger partial charge >= 0.3 is 8.25 Å². The number of fused-ring (bicyclic) bond motifs is 1. The van der Waals surface area contributed by atoms with Gasteiger partial charge in [-0.05, 0) is 86.1 Å². The quantitative estimate of drug-likeness (QED) is 0.232. The maximum absolute atomic E-state index is 14.4. The SMILES string of the molecule is Cc1ccccc1C1(c2ccccc2C)O[P+](=O)OC(c2ccccc2C)(c2ccccc2C)C2OC(C)(C)OC21. The van der Waals surface area contributed by atoms with Gasteiger partial charge in [0.25, 0.3) is 0 Å². The maximum Gasteiger partial charge on any atom is 0.700 e. The molecule has 0 bridgehead atoms. The highest BCUT2D eigenvalue weighted by Crippen LogP contribution is 2.62. The van der Waals surface area contributed by atoms with Gasteiger partial charge in [-0.25, -0.2) is 0 Å². The second-order valence-corrected chi connectivity index (χ2v) is 12.4. The molecular weight excluding hydrogens is 531 g/mol. The van der Waals surface area contributed by atoms with E-state index >= 15 is 0 Å². The summed E-state index contributed by atoms with van der Waals surface area (Å²) in [5.41, 5.74) is 4.83. The largest absolute Gasteiger partial charge is 0.700 e. The number of ether oxygens (including phenoxy) is 2. The van der Waals surface area contributed by atoms with Crippen molar-refractivity contribution in [3.63, 3.8) is 0 Å². The van der Waals surface area contributed by atoms with Crippen LogP contribution in [0.2, 0.25) is 0 Å². The van der Waals surface area contributed by atoms with Crippen LogP contribution in [0.1, 0.15) is 58.4 Å². The van der Waals surface area contributed by atoms with E-state index < -0.39 is 37.5 Å². The Morgan fingerprint density at radius 1 is 0.512 bits per heavy atom. The van der Waals surface area contributed by atoms with Gasteiger partial charge in [-0.15, -0.1) is 0 Å². The third-order valence-corrected chi connectivity index (χ3v) is 9.39. The second kappa shape index (κ2) is 10.3. The van der Waals surface area contributed by atoms with Crippen LogP contribution < -0.4 is 0 Å². The van der Waals surface area contributed by atoms with Crippen molar-refractivity contribution in [1.82, 2.24) is 0 Å². The highest BCUT2D eigenvalue weighted by atomic mass is 31.1. The molecule has 41 heavy (non-hydrogen) atoms. The van der Waals surface area contributed by atoms with Crippen molar-refractivity contribution < 1.29 is 23.1 Å². The molecule has 2 heterocycles. The maximum atomic E-state index is 14.4. The minimum Gasteiger partial charge on any atom is -0.340 e. The first kappa shape index (κ1) is 28.0. The van der Waals surface area contributed by atoms with E-state index in [-0.39, 0.29) is 0 Å². The van der Waals surface area contributed by atoms with Crippen LogP contribution in [0, 0.1) is 27.7 Å². The number of benzene rings is 4. The first-order valence-electron chi connectivity index (χ1n) is 14.1. The summed E-state index contributed by atoms with van der Waals surface area (Å²) in [4.78, 5) is 0. The molecule has 0 saturated carbocycles. The van der Waals surface area contributed by atoms with Crippen LogP contribution in [0.5, 0.6) is 0 Å². The molecule has 0 aliphatic carbocycles. The van der Waals surface area contributed by atoms with Gasteiger partial charge in [0, 0.05) is 4.57 Å². The molecule has 2 fully saturated rings. The minimum absolute atomic E-state index is 0.736. The highest BCUT2D eigenvalue weighted by molar-refractivity contribution is 7.33. The van der Waals surface area contributed by atoms with Crippen molar-refractivity contribution in [2.24, 2.45) is 0 Å². The molecule has 2 atom stereocenters. The highest BCUT2D eigenvalue weighted by Gasteiger charge is 2.72. The fourth-order valence-corrected chi connectivity index (χ4v) is 7.88. The van der Waals surface area contributed by atoms with Crippen LogP contribution in [0.3, 0.4) is 0 Å². The lowest BCUT2D eigenvalue weighted by Crippen LogP contribution is -2.54. The molecule has 0 N–H and O–H groups in total. The number of rotatable bonds is 4. The van der Waals surface area contributed by atoms with E-state index in [0.29, 0.717) is 0 Å². The first-order valence-corrected chi connectivity index (χ1v) is 15.2. The van der Waals surface area contributed by atoms with Crippen molar-refractivity contribution in [2.75, 3.05) is 0 Å². The molecule has 4 aromatic carbocycles. The molecule has 2 aliphatic rings. The van der Waals surface area contributed by atoms with Crippen LogP contribution in [0.4, 0.5) is 0 Å². The van der Waals surface area contributed by atoms with Crippen LogP contribution in [-0.2, 0) is 34.3 Å². The lowest BCUT2D eigenvalue weighted by atomic mass is 9.69. The van der Waals surface area contributed by atoms with Crippen LogP contribution in [-0.4, -0.2) is 18.0 Å². The van der Waals surface area contributed by atoms with Crippen molar-refractivity contribution in [1.29, 1.82) is 0 Å². The van der Waals surface area contributed by atoms with Crippen molar-refractivity contribution in [3.8, 4) is 0 Å².